The van der Waals surface area contributed by atoms with Crippen LogP contribution in [-0.2, 0) is 16.1 Å². The molecule has 0 atom stereocenters. The molecule has 0 aliphatic rings. The van der Waals surface area contributed by atoms with Crippen LogP contribution in [0.4, 0.5) is 5.69 Å². The number of aryl methyl sites for hydroxylation is 1. The molecule has 2 heterocycles. The van der Waals surface area contributed by atoms with Gasteiger partial charge in [0.05, 0.1) is 23.9 Å². The number of ether oxygens (including phenoxy) is 1. The third-order valence-corrected chi connectivity index (χ3v) is 5.80. The predicted octanol–water partition coefficient (Wildman–Crippen LogP) is 2.95. The Hall–Kier alpha value is -3.98. The average molecular weight is 449 g/mol. The third-order valence-electron chi connectivity index (χ3n) is 4.91. The van der Waals surface area contributed by atoms with Crippen molar-refractivity contribution in [2.24, 2.45) is 0 Å². The zero-order chi connectivity index (χ0) is 22.8. The molecule has 4 aromatic rings. The van der Waals surface area contributed by atoms with E-state index in [0.717, 1.165) is 10.1 Å². The standard InChI is InChI=1S/C23H19N3O5S/c1-14-4-3-5-17(12-14)26-21(28)20-18(10-11-32-20)25(23(26)30)13-19(27)24-16-8-6-15(7-9-16)22(29)31-2/h3-12H,13H2,1-2H3,(H,24,27). The molecule has 8 nitrogen and oxygen atoms in total. The molecule has 0 unspecified atom stereocenters. The van der Waals surface area contributed by atoms with Crippen molar-refractivity contribution in [2.45, 2.75) is 13.5 Å². The van der Waals surface area contributed by atoms with E-state index >= 15 is 0 Å². The molecular weight excluding hydrogens is 430 g/mol. The van der Waals surface area contributed by atoms with E-state index in [9.17, 15) is 19.2 Å². The highest BCUT2D eigenvalue weighted by atomic mass is 32.1. The molecular formula is C23H19N3O5S. The van der Waals surface area contributed by atoms with E-state index < -0.39 is 23.1 Å². The zero-order valence-electron chi connectivity index (χ0n) is 17.3. The van der Waals surface area contributed by atoms with Gasteiger partial charge in [-0.3, -0.25) is 14.2 Å². The lowest BCUT2D eigenvalue weighted by Gasteiger charge is -2.13. The molecule has 0 spiro atoms. The van der Waals surface area contributed by atoms with Gasteiger partial charge in [0.25, 0.3) is 5.56 Å². The molecule has 4 rings (SSSR count). The number of hydrogen-bond acceptors (Lipinski definition) is 6. The number of benzene rings is 2. The second kappa shape index (κ2) is 8.64. The number of methoxy groups -OCH3 is 1. The molecule has 0 aliphatic heterocycles. The van der Waals surface area contributed by atoms with Gasteiger partial charge in [-0.2, -0.15) is 0 Å². The molecule has 1 N–H and O–H groups in total. The fourth-order valence-corrected chi connectivity index (χ4v) is 4.21. The van der Waals surface area contributed by atoms with Gasteiger partial charge in [0.15, 0.2) is 0 Å². The quantitative estimate of drug-likeness (QED) is 0.472. The van der Waals surface area contributed by atoms with E-state index in [2.05, 4.69) is 10.1 Å². The van der Waals surface area contributed by atoms with Crippen molar-refractivity contribution >= 4 is 39.1 Å². The number of fused-ring (bicyclic) bond motifs is 1. The molecule has 2 aromatic carbocycles. The minimum absolute atomic E-state index is 0.281. The fourth-order valence-electron chi connectivity index (χ4n) is 3.39. The Kier molecular flexibility index (Phi) is 5.74. The minimum atomic E-state index is -0.595. The predicted molar refractivity (Wildman–Crippen MR) is 123 cm³/mol. The molecule has 1 amide bonds. The Morgan fingerprint density at radius 1 is 1.06 bits per heavy atom. The van der Waals surface area contributed by atoms with Gasteiger partial charge in [-0.05, 0) is 60.3 Å². The first kappa shape index (κ1) is 21.3. The lowest BCUT2D eigenvalue weighted by Crippen LogP contribution is -2.40. The number of hydrogen-bond donors (Lipinski definition) is 1. The molecule has 2 aromatic heterocycles. The van der Waals surface area contributed by atoms with Crippen molar-refractivity contribution in [1.29, 1.82) is 0 Å². The summed E-state index contributed by atoms with van der Waals surface area (Å²) in [5.74, 6) is -0.924. The number of anilines is 1. The van der Waals surface area contributed by atoms with Crippen LogP contribution >= 0.6 is 11.3 Å². The Labute approximate surface area is 186 Å². The van der Waals surface area contributed by atoms with E-state index in [1.165, 1.54) is 35.1 Å². The first-order valence-electron chi connectivity index (χ1n) is 9.67. The summed E-state index contributed by atoms with van der Waals surface area (Å²) in [6, 6.07) is 14.9. The highest BCUT2D eigenvalue weighted by molar-refractivity contribution is 7.17. The summed E-state index contributed by atoms with van der Waals surface area (Å²) in [4.78, 5) is 50.5. The summed E-state index contributed by atoms with van der Waals surface area (Å²) in [7, 11) is 1.29. The molecule has 0 aliphatic carbocycles. The van der Waals surface area contributed by atoms with Crippen molar-refractivity contribution in [3.05, 3.63) is 91.9 Å². The highest BCUT2D eigenvalue weighted by Crippen LogP contribution is 2.17. The lowest BCUT2D eigenvalue weighted by atomic mass is 10.2. The summed E-state index contributed by atoms with van der Waals surface area (Å²) in [6.07, 6.45) is 0. The first-order valence-corrected chi connectivity index (χ1v) is 10.6. The van der Waals surface area contributed by atoms with Crippen LogP contribution in [0.15, 0.2) is 69.6 Å². The Morgan fingerprint density at radius 3 is 2.50 bits per heavy atom. The number of rotatable bonds is 5. The van der Waals surface area contributed by atoms with E-state index in [4.69, 9.17) is 0 Å². The number of nitrogens with one attached hydrogen (secondary N) is 1. The molecule has 0 saturated carbocycles. The number of esters is 1. The molecule has 162 valence electrons. The number of amides is 1. The van der Waals surface area contributed by atoms with Crippen LogP contribution in [0.3, 0.4) is 0 Å². The molecule has 0 bridgehead atoms. The lowest BCUT2D eigenvalue weighted by molar-refractivity contribution is -0.116. The maximum absolute atomic E-state index is 13.3. The van der Waals surface area contributed by atoms with Gasteiger partial charge in [0.2, 0.25) is 5.91 Å². The Morgan fingerprint density at radius 2 is 1.81 bits per heavy atom. The van der Waals surface area contributed by atoms with Crippen LogP contribution in [0.5, 0.6) is 0 Å². The second-order valence-corrected chi connectivity index (χ2v) is 8.02. The Bertz CT molecular complexity index is 1450. The molecule has 9 heteroatoms. The van der Waals surface area contributed by atoms with Crippen LogP contribution in [0.1, 0.15) is 15.9 Å². The Balaban J connectivity index is 1.69. The molecule has 0 fully saturated rings. The van der Waals surface area contributed by atoms with Crippen LogP contribution in [0.25, 0.3) is 15.9 Å². The van der Waals surface area contributed by atoms with Crippen LogP contribution in [-0.4, -0.2) is 28.1 Å². The number of aromatic nitrogens is 2. The van der Waals surface area contributed by atoms with Crippen LogP contribution in [0.2, 0.25) is 0 Å². The molecule has 0 saturated heterocycles. The summed E-state index contributed by atoms with van der Waals surface area (Å²) in [5, 5.41) is 4.42. The largest absolute Gasteiger partial charge is 0.465 e. The van der Waals surface area contributed by atoms with Gasteiger partial charge in [-0.25, -0.2) is 14.2 Å². The summed E-state index contributed by atoms with van der Waals surface area (Å²) >= 11 is 1.22. The van der Waals surface area contributed by atoms with Gasteiger partial charge >= 0.3 is 11.7 Å². The maximum atomic E-state index is 13.3. The van der Waals surface area contributed by atoms with Gasteiger partial charge in [-0.15, -0.1) is 11.3 Å². The van der Waals surface area contributed by atoms with Gasteiger partial charge in [0.1, 0.15) is 11.2 Å². The number of carbonyl (C=O) groups excluding carboxylic acids is 2. The molecule has 0 radical (unpaired) electrons. The summed E-state index contributed by atoms with van der Waals surface area (Å²) in [5.41, 5.74) is 1.56. The second-order valence-electron chi connectivity index (χ2n) is 7.10. The molecule has 32 heavy (non-hydrogen) atoms. The number of nitrogens with zero attached hydrogens (tertiary/aromatic N) is 2. The van der Waals surface area contributed by atoms with Crippen molar-refractivity contribution in [3.63, 3.8) is 0 Å². The topological polar surface area (TPSA) is 99.4 Å². The van der Waals surface area contributed by atoms with Crippen molar-refractivity contribution in [3.8, 4) is 5.69 Å². The van der Waals surface area contributed by atoms with Crippen molar-refractivity contribution in [1.82, 2.24) is 9.13 Å². The average Bonchev–Trinajstić information content (AvgIpc) is 3.27. The minimum Gasteiger partial charge on any atom is -0.465 e. The third kappa shape index (κ3) is 3.97. The fraction of sp³-hybridized carbons (Fsp3) is 0.130. The number of thiophene rings is 1. The number of carbonyl (C=O) groups is 2. The van der Waals surface area contributed by atoms with Gasteiger partial charge in [0, 0.05) is 5.69 Å². The van der Waals surface area contributed by atoms with Gasteiger partial charge < -0.3 is 10.1 Å². The van der Waals surface area contributed by atoms with Crippen LogP contribution in [0, 0.1) is 6.92 Å². The monoisotopic (exact) mass is 449 g/mol. The normalized spacial score (nSPS) is 10.8. The SMILES string of the molecule is COC(=O)c1ccc(NC(=O)Cn2c(=O)n(-c3cccc(C)c3)c(=O)c3sccc32)cc1. The van der Waals surface area contributed by atoms with E-state index in [0.29, 0.717) is 27.2 Å². The highest BCUT2D eigenvalue weighted by Gasteiger charge is 2.18. The van der Waals surface area contributed by atoms with Crippen molar-refractivity contribution in [2.75, 3.05) is 12.4 Å². The smallest absolute Gasteiger partial charge is 0.337 e. The van der Waals surface area contributed by atoms with E-state index in [1.807, 2.05) is 13.0 Å². The van der Waals surface area contributed by atoms with Crippen LogP contribution < -0.4 is 16.6 Å². The van der Waals surface area contributed by atoms with E-state index in [-0.39, 0.29) is 6.54 Å². The summed E-state index contributed by atoms with van der Waals surface area (Å²) in [6.45, 7) is 1.59. The zero-order valence-corrected chi connectivity index (χ0v) is 18.1. The van der Waals surface area contributed by atoms with Crippen molar-refractivity contribution < 1.29 is 14.3 Å². The van der Waals surface area contributed by atoms with Gasteiger partial charge in [-0.1, -0.05) is 12.1 Å². The first-order chi connectivity index (χ1) is 15.4. The maximum Gasteiger partial charge on any atom is 0.337 e. The van der Waals surface area contributed by atoms with E-state index in [1.54, 1.807) is 41.8 Å². The summed E-state index contributed by atoms with van der Waals surface area (Å²) < 4.78 is 7.42.